The molecule has 156 valence electrons. The third-order valence-corrected chi connectivity index (χ3v) is 6.65. The first kappa shape index (κ1) is 20.3. The Morgan fingerprint density at radius 1 is 0.750 bits per heavy atom. The molecule has 0 N–H and O–H groups in total. The van der Waals surface area contributed by atoms with Crippen molar-refractivity contribution in [3.63, 3.8) is 0 Å². The Hall–Kier alpha value is -3.58. The van der Waals surface area contributed by atoms with Gasteiger partial charge in [-0.05, 0) is 75.6 Å². The largest absolute Gasteiger partial charge is 0.494 e. The van der Waals surface area contributed by atoms with Gasteiger partial charge in [0.1, 0.15) is 0 Å². The predicted molar refractivity (Wildman–Crippen MR) is 126 cm³/mol. The minimum Gasteiger partial charge on any atom is -0.399 e. The average Bonchev–Trinajstić information content (AvgIpc) is 3.22. The van der Waals surface area contributed by atoms with E-state index in [-0.39, 0.29) is 0 Å². The molecule has 0 atom stereocenters. The lowest BCUT2D eigenvalue weighted by Crippen LogP contribution is -2.41. The van der Waals surface area contributed by atoms with Gasteiger partial charge in [0.2, 0.25) is 0 Å². The van der Waals surface area contributed by atoms with Crippen LogP contribution in [0.15, 0.2) is 60.7 Å². The highest BCUT2D eigenvalue weighted by atomic mass is 16.7. The molecule has 5 rings (SSSR count). The van der Waals surface area contributed by atoms with Crippen molar-refractivity contribution >= 4 is 34.4 Å². The van der Waals surface area contributed by atoms with E-state index >= 15 is 0 Å². The maximum absolute atomic E-state index is 9.75. The average molecular weight is 419 g/mol. The van der Waals surface area contributed by atoms with E-state index in [9.17, 15) is 10.5 Å². The highest BCUT2D eigenvalue weighted by Gasteiger charge is 2.51. The van der Waals surface area contributed by atoms with Crippen LogP contribution in [-0.4, -0.2) is 22.9 Å². The lowest BCUT2D eigenvalue weighted by Gasteiger charge is -2.32. The lowest BCUT2D eigenvalue weighted by atomic mass is 9.78. The molecule has 0 saturated carbocycles. The van der Waals surface area contributed by atoms with Gasteiger partial charge in [0, 0.05) is 16.5 Å². The number of nitrogens with zero attached hydrogens (tertiary/aromatic N) is 3. The molecule has 0 radical (unpaired) electrons. The number of benzene rings is 3. The lowest BCUT2D eigenvalue weighted by molar-refractivity contribution is 0.00578. The van der Waals surface area contributed by atoms with E-state index in [0.717, 1.165) is 33.0 Å². The molecule has 1 fully saturated rings. The molecule has 4 aromatic rings. The zero-order valence-corrected chi connectivity index (χ0v) is 18.5. The zero-order valence-electron chi connectivity index (χ0n) is 18.5. The van der Waals surface area contributed by atoms with Crippen molar-refractivity contribution in [3.8, 4) is 17.8 Å². The minimum absolute atomic E-state index is 0.471. The summed E-state index contributed by atoms with van der Waals surface area (Å²) in [6, 6.07) is 24.0. The first-order valence-electron chi connectivity index (χ1n) is 10.6. The molecule has 6 heteroatoms. The van der Waals surface area contributed by atoms with Gasteiger partial charge in [-0.15, -0.1) is 0 Å². The SMILES string of the molecule is CC1(C)OB(c2cc(C#N)cc(-n3c4ccccc4c4cc(C#N)ccc43)c2)OC1(C)C. The van der Waals surface area contributed by atoms with Crippen molar-refractivity contribution in [3.05, 3.63) is 71.8 Å². The zero-order chi connectivity index (χ0) is 22.7. The molecule has 1 aliphatic rings. The van der Waals surface area contributed by atoms with Gasteiger partial charge in [-0.25, -0.2) is 0 Å². The van der Waals surface area contributed by atoms with Crippen LogP contribution in [0.4, 0.5) is 0 Å². The first-order valence-corrected chi connectivity index (χ1v) is 10.6. The Bertz CT molecular complexity index is 1450. The van der Waals surface area contributed by atoms with Gasteiger partial charge in [0.15, 0.2) is 0 Å². The van der Waals surface area contributed by atoms with Crippen molar-refractivity contribution in [2.45, 2.75) is 38.9 Å². The Morgan fingerprint density at radius 2 is 1.41 bits per heavy atom. The Kier molecular flexibility index (Phi) is 4.43. The quantitative estimate of drug-likeness (QED) is 0.437. The molecule has 0 amide bonds. The summed E-state index contributed by atoms with van der Waals surface area (Å²) in [6.07, 6.45) is 0. The number of para-hydroxylation sites is 1. The van der Waals surface area contributed by atoms with E-state index in [0.29, 0.717) is 11.1 Å². The number of aromatic nitrogens is 1. The molecule has 0 spiro atoms. The van der Waals surface area contributed by atoms with Gasteiger partial charge >= 0.3 is 7.12 Å². The second-order valence-corrected chi connectivity index (χ2v) is 9.21. The topological polar surface area (TPSA) is 71.0 Å². The smallest absolute Gasteiger partial charge is 0.399 e. The maximum Gasteiger partial charge on any atom is 0.494 e. The number of fused-ring (bicyclic) bond motifs is 3. The number of hydrogen-bond donors (Lipinski definition) is 0. The third kappa shape index (κ3) is 3.00. The van der Waals surface area contributed by atoms with E-state index in [1.54, 1.807) is 0 Å². The second kappa shape index (κ2) is 6.97. The maximum atomic E-state index is 9.75. The summed E-state index contributed by atoms with van der Waals surface area (Å²) in [5.41, 5.74) is 3.84. The Balaban J connectivity index is 1.75. The number of nitriles is 2. The molecule has 1 aromatic heterocycles. The van der Waals surface area contributed by atoms with Crippen LogP contribution in [-0.2, 0) is 9.31 Å². The van der Waals surface area contributed by atoms with Crippen LogP contribution >= 0.6 is 0 Å². The van der Waals surface area contributed by atoms with Gasteiger partial charge in [-0.1, -0.05) is 18.2 Å². The molecular weight excluding hydrogens is 397 g/mol. The monoisotopic (exact) mass is 419 g/mol. The summed E-state index contributed by atoms with van der Waals surface area (Å²) in [5.74, 6) is 0. The molecule has 2 heterocycles. The first-order chi connectivity index (χ1) is 15.2. The van der Waals surface area contributed by atoms with Crippen molar-refractivity contribution in [1.29, 1.82) is 10.5 Å². The fourth-order valence-electron chi connectivity index (χ4n) is 4.26. The molecular formula is C26H22BN3O2. The third-order valence-electron chi connectivity index (χ3n) is 6.65. The predicted octanol–water partition coefficient (Wildman–Crippen LogP) is 4.83. The molecule has 3 aromatic carbocycles. The fraction of sp³-hybridized carbons (Fsp3) is 0.231. The summed E-state index contributed by atoms with van der Waals surface area (Å²) >= 11 is 0. The summed E-state index contributed by atoms with van der Waals surface area (Å²) < 4.78 is 14.6. The Morgan fingerprint density at radius 3 is 2.09 bits per heavy atom. The Labute approximate surface area is 187 Å². The van der Waals surface area contributed by atoms with Gasteiger partial charge in [-0.3, -0.25) is 0 Å². The van der Waals surface area contributed by atoms with Crippen LogP contribution in [0.5, 0.6) is 0 Å². The van der Waals surface area contributed by atoms with Gasteiger partial charge < -0.3 is 13.9 Å². The molecule has 1 aliphatic heterocycles. The van der Waals surface area contributed by atoms with Crippen LogP contribution < -0.4 is 5.46 Å². The molecule has 5 nitrogen and oxygen atoms in total. The van der Waals surface area contributed by atoms with E-state index in [1.165, 1.54) is 0 Å². The fourth-order valence-corrected chi connectivity index (χ4v) is 4.26. The van der Waals surface area contributed by atoms with E-state index in [1.807, 2.05) is 76.2 Å². The summed E-state index contributed by atoms with van der Waals surface area (Å²) in [4.78, 5) is 0. The van der Waals surface area contributed by atoms with Crippen LogP contribution in [0.2, 0.25) is 0 Å². The summed E-state index contributed by atoms with van der Waals surface area (Å²) in [5, 5.41) is 21.2. The molecule has 1 saturated heterocycles. The van der Waals surface area contributed by atoms with E-state index in [4.69, 9.17) is 9.31 Å². The summed E-state index contributed by atoms with van der Waals surface area (Å²) in [6.45, 7) is 8.06. The number of rotatable bonds is 2. The number of hydrogen-bond acceptors (Lipinski definition) is 4. The molecule has 0 bridgehead atoms. The van der Waals surface area contributed by atoms with Crippen molar-refractivity contribution < 1.29 is 9.31 Å². The second-order valence-electron chi connectivity index (χ2n) is 9.21. The van der Waals surface area contributed by atoms with Crippen molar-refractivity contribution in [2.75, 3.05) is 0 Å². The molecule has 0 aliphatic carbocycles. The van der Waals surface area contributed by atoms with Crippen LogP contribution in [0.1, 0.15) is 38.8 Å². The standard InChI is InChI=1S/C26H22BN3O2/c1-25(2)26(3,4)32-27(31-25)19-11-18(16-29)12-20(14-19)30-23-8-6-5-7-21(23)22-13-17(15-28)9-10-24(22)30/h5-14H,1-4H3. The minimum atomic E-state index is -0.565. The van der Waals surface area contributed by atoms with Gasteiger partial charge in [0.25, 0.3) is 0 Å². The van der Waals surface area contributed by atoms with Crippen LogP contribution in [0.3, 0.4) is 0 Å². The van der Waals surface area contributed by atoms with Gasteiger partial charge in [0.05, 0.1) is 45.5 Å². The highest BCUT2D eigenvalue weighted by Crippen LogP contribution is 2.37. The highest BCUT2D eigenvalue weighted by molar-refractivity contribution is 6.62. The van der Waals surface area contributed by atoms with Crippen LogP contribution in [0.25, 0.3) is 27.5 Å². The van der Waals surface area contributed by atoms with Gasteiger partial charge in [-0.2, -0.15) is 10.5 Å². The van der Waals surface area contributed by atoms with Crippen molar-refractivity contribution in [1.82, 2.24) is 4.57 Å². The normalized spacial score (nSPS) is 16.9. The van der Waals surface area contributed by atoms with Crippen molar-refractivity contribution in [2.24, 2.45) is 0 Å². The van der Waals surface area contributed by atoms with E-state index < -0.39 is 18.3 Å². The van der Waals surface area contributed by atoms with E-state index in [2.05, 4.69) is 28.8 Å². The molecule has 0 unspecified atom stereocenters. The molecule has 32 heavy (non-hydrogen) atoms. The summed E-state index contributed by atoms with van der Waals surface area (Å²) in [7, 11) is -0.565. The van der Waals surface area contributed by atoms with Crippen LogP contribution in [0, 0.1) is 22.7 Å².